The van der Waals surface area contributed by atoms with Gasteiger partial charge in [-0.1, -0.05) is 12.1 Å². The van der Waals surface area contributed by atoms with Crippen LogP contribution in [-0.4, -0.2) is 58.9 Å². The number of amides is 1. The minimum Gasteiger partial charge on any atom is -0.490 e. The third-order valence-corrected chi connectivity index (χ3v) is 6.69. The van der Waals surface area contributed by atoms with Crippen molar-refractivity contribution in [3.05, 3.63) is 59.2 Å². The summed E-state index contributed by atoms with van der Waals surface area (Å²) in [5.41, 5.74) is 3.08. The number of anilines is 1. The van der Waals surface area contributed by atoms with Crippen LogP contribution < -0.4 is 10.1 Å². The number of carboxylic acids is 1. The smallest absolute Gasteiger partial charge is 0.303 e. The maximum atomic E-state index is 12.7. The van der Waals surface area contributed by atoms with Crippen LogP contribution in [0.5, 0.6) is 5.75 Å². The Bertz CT molecular complexity index is 1000. The number of carbonyl (C=O) groups excluding carboxylic acids is 1. The maximum Gasteiger partial charge on any atom is 0.303 e. The van der Waals surface area contributed by atoms with Crippen molar-refractivity contribution in [2.75, 3.05) is 29.9 Å². The zero-order chi connectivity index (χ0) is 22.5. The first-order valence-corrected chi connectivity index (χ1v) is 11.9. The Morgan fingerprint density at radius 2 is 1.97 bits per heavy atom. The number of hydrazone groups is 1. The van der Waals surface area contributed by atoms with Gasteiger partial charge in [0.1, 0.15) is 5.75 Å². The van der Waals surface area contributed by atoms with Gasteiger partial charge in [0.2, 0.25) is 0 Å². The van der Waals surface area contributed by atoms with E-state index in [9.17, 15) is 9.59 Å². The van der Waals surface area contributed by atoms with Gasteiger partial charge in [-0.25, -0.2) is 0 Å². The molecule has 2 aromatic carbocycles. The Hall–Kier alpha value is -3.00. The molecule has 2 unspecified atom stereocenters. The van der Waals surface area contributed by atoms with E-state index in [1.54, 1.807) is 18.2 Å². The highest BCUT2D eigenvalue weighted by molar-refractivity contribution is 7.99. The van der Waals surface area contributed by atoms with Gasteiger partial charge in [-0.2, -0.15) is 16.9 Å². The van der Waals surface area contributed by atoms with Crippen LogP contribution in [0.4, 0.5) is 5.69 Å². The van der Waals surface area contributed by atoms with Crippen LogP contribution in [0, 0.1) is 5.92 Å². The third kappa shape index (κ3) is 5.62. The summed E-state index contributed by atoms with van der Waals surface area (Å²) in [5, 5.41) is 18.6. The zero-order valence-electron chi connectivity index (χ0n) is 18.0. The fourth-order valence-electron chi connectivity index (χ4n) is 3.88. The van der Waals surface area contributed by atoms with E-state index >= 15 is 0 Å². The molecule has 0 radical (unpaired) electrons. The van der Waals surface area contributed by atoms with Crippen LogP contribution in [-0.2, 0) is 11.2 Å². The highest BCUT2D eigenvalue weighted by atomic mass is 32.2. The molecule has 1 fully saturated rings. The summed E-state index contributed by atoms with van der Waals surface area (Å²) in [6, 6.07) is 12.8. The molecule has 0 spiro atoms. The summed E-state index contributed by atoms with van der Waals surface area (Å²) in [6.07, 6.45) is 2.34. The predicted molar refractivity (Wildman–Crippen MR) is 127 cm³/mol. The van der Waals surface area contributed by atoms with Crippen LogP contribution in [0.25, 0.3) is 0 Å². The first kappa shape index (κ1) is 22.2. The molecular weight excluding hydrogens is 426 g/mol. The van der Waals surface area contributed by atoms with E-state index in [2.05, 4.69) is 15.4 Å². The number of hydrogen-bond acceptors (Lipinski definition) is 6. The third-order valence-electron chi connectivity index (χ3n) is 5.74. The molecule has 2 N–H and O–H groups in total. The van der Waals surface area contributed by atoms with Crippen LogP contribution >= 0.6 is 11.8 Å². The van der Waals surface area contributed by atoms with Crippen molar-refractivity contribution in [1.29, 1.82) is 0 Å². The number of carbonyl (C=O) groups is 2. The molecule has 2 aliphatic rings. The molecule has 0 bridgehead atoms. The van der Waals surface area contributed by atoms with Gasteiger partial charge in [-0.05, 0) is 54.8 Å². The number of thioether (sulfide) groups is 1. The van der Waals surface area contributed by atoms with Gasteiger partial charge in [0.15, 0.2) is 0 Å². The molecule has 1 amide bonds. The minimum absolute atomic E-state index is 0.0591. The van der Waals surface area contributed by atoms with Crippen molar-refractivity contribution in [2.24, 2.45) is 11.0 Å². The summed E-state index contributed by atoms with van der Waals surface area (Å²) in [6.45, 7) is 3.82. The van der Waals surface area contributed by atoms with E-state index in [4.69, 9.17) is 9.84 Å². The van der Waals surface area contributed by atoms with E-state index in [-0.39, 0.29) is 24.3 Å². The van der Waals surface area contributed by atoms with E-state index in [1.165, 1.54) is 0 Å². The number of hydrogen-bond donors (Lipinski definition) is 2. The maximum absolute atomic E-state index is 12.7. The van der Waals surface area contributed by atoms with Crippen molar-refractivity contribution >= 4 is 35.5 Å². The molecule has 2 atom stereocenters. The van der Waals surface area contributed by atoms with E-state index in [1.807, 2.05) is 49.2 Å². The van der Waals surface area contributed by atoms with E-state index < -0.39 is 5.97 Å². The summed E-state index contributed by atoms with van der Waals surface area (Å²) in [7, 11) is 0. The molecule has 168 valence electrons. The van der Waals surface area contributed by atoms with Gasteiger partial charge in [-0.15, -0.1) is 0 Å². The summed E-state index contributed by atoms with van der Waals surface area (Å²) < 4.78 is 5.88. The molecule has 2 heterocycles. The topological polar surface area (TPSA) is 91.2 Å². The Labute approximate surface area is 191 Å². The van der Waals surface area contributed by atoms with Crippen LogP contribution in [0.2, 0.25) is 0 Å². The van der Waals surface area contributed by atoms with Gasteiger partial charge < -0.3 is 15.2 Å². The molecule has 8 heteroatoms. The summed E-state index contributed by atoms with van der Waals surface area (Å²) >= 11 is 1.95. The lowest BCUT2D eigenvalue weighted by Gasteiger charge is -2.31. The lowest BCUT2D eigenvalue weighted by Crippen LogP contribution is -2.32. The lowest BCUT2D eigenvalue weighted by molar-refractivity contribution is -0.139. The summed E-state index contributed by atoms with van der Waals surface area (Å²) in [5.74, 6) is 1.82. The van der Waals surface area contributed by atoms with Crippen molar-refractivity contribution in [1.82, 2.24) is 5.01 Å². The second-order valence-corrected chi connectivity index (χ2v) is 9.32. The molecule has 1 saturated heterocycles. The molecule has 2 aliphatic heterocycles. The van der Waals surface area contributed by atoms with Gasteiger partial charge in [0, 0.05) is 41.8 Å². The minimum atomic E-state index is -0.832. The average molecular weight is 454 g/mol. The fraction of sp³-hybridized carbons (Fsp3) is 0.375. The first-order chi connectivity index (χ1) is 15.5. The first-order valence-electron chi connectivity index (χ1n) is 10.8. The molecule has 7 nitrogen and oxygen atoms in total. The Balaban J connectivity index is 1.38. The van der Waals surface area contributed by atoms with Gasteiger partial charge in [0.25, 0.3) is 5.91 Å². The highest BCUT2D eigenvalue weighted by Gasteiger charge is 2.28. The molecule has 32 heavy (non-hydrogen) atoms. The van der Waals surface area contributed by atoms with Crippen LogP contribution in [0.15, 0.2) is 47.6 Å². The number of fused-ring (bicyclic) bond motifs is 1. The number of nitrogens with one attached hydrogen (secondary N) is 1. The molecule has 2 aromatic rings. The van der Waals surface area contributed by atoms with Crippen molar-refractivity contribution in [3.8, 4) is 5.75 Å². The van der Waals surface area contributed by atoms with Crippen molar-refractivity contribution in [2.45, 2.75) is 25.9 Å². The zero-order valence-corrected chi connectivity index (χ0v) is 18.8. The molecule has 4 rings (SSSR count). The van der Waals surface area contributed by atoms with Crippen molar-refractivity contribution in [3.63, 3.8) is 0 Å². The molecule has 0 aliphatic carbocycles. The number of aliphatic carboxylic acids is 1. The number of nitrogens with zero attached hydrogens (tertiary/aromatic N) is 2. The molecule has 0 aromatic heterocycles. The fourth-order valence-corrected chi connectivity index (χ4v) is 4.76. The number of benzene rings is 2. The Kier molecular flexibility index (Phi) is 6.99. The Morgan fingerprint density at radius 3 is 2.69 bits per heavy atom. The molecular formula is C24H27N3O4S. The van der Waals surface area contributed by atoms with Gasteiger partial charge in [0.05, 0.1) is 18.7 Å². The standard InChI is InChI=1S/C24H27N3O4S/c1-16-19(14-23(28)29)12-20-13-21(6-7-22(20)31-16)26-24(30)18-4-2-17(3-5-18)15-25-27-8-10-32-11-9-27/h2-7,13,15-16,19H,8-12,14H2,1H3,(H,26,30)(H,28,29). The number of carboxylic acid groups (broad SMARTS) is 1. The second-order valence-electron chi connectivity index (χ2n) is 8.09. The normalized spacial score (nSPS) is 20.5. The lowest BCUT2D eigenvalue weighted by atomic mass is 9.88. The number of rotatable bonds is 6. The SMILES string of the molecule is CC1Oc2ccc(NC(=O)c3ccc(C=NN4CCSCC4)cc3)cc2CC1CC(=O)O. The monoisotopic (exact) mass is 453 g/mol. The van der Waals surface area contributed by atoms with Crippen LogP contribution in [0.1, 0.15) is 34.8 Å². The van der Waals surface area contributed by atoms with Crippen molar-refractivity contribution < 1.29 is 19.4 Å². The predicted octanol–water partition coefficient (Wildman–Crippen LogP) is 3.74. The Morgan fingerprint density at radius 1 is 1.22 bits per heavy atom. The van der Waals surface area contributed by atoms with E-state index in [0.29, 0.717) is 17.7 Å². The quantitative estimate of drug-likeness (QED) is 0.648. The van der Waals surface area contributed by atoms with E-state index in [0.717, 1.165) is 41.5 Å². The van der Waals surface area contributed by atoms with Crippen LogP contribution in [0.3, 0.4) is 0 Å². The van der Waals surface area contributed by atoms with Gasteiger partial charge in [-0.3, -0.25) is 14.6 Å². The molecule has 0 saturated carbocycles. The number of ether oxygens (including phenoxy) is 1. The average Bonchev–Trinajstić information content (AvgIpc) is 2.79. The highest BCUT2D eigenvalue weighted by Crippen LogP contribution is 2.34. The second kappa shape index (κ2) is 10.1. The van der Waals surface area contributed by atoms with Gasteiger partial charge >= 0.3 is 5.97 Å². The summed E-state index contributed by atoms with van der Waals surface area (Å²) in [4.78, 5) is 23.8. The largest absolute Gasteiger partial charge is 0.490 e.